The van der Waals surface area contributed by atoms with Crippen LogP contribution in [-0.2, 0) is 11.3 Å². The van der Waals surface area contributed by atoms with Crippen molar-refractivity contribution in [3.05, 3.63) is 60.3 Å². The Morgan fingerprint density at radius 2 is 2.24 bits per heavy atom. The second kappa shape index (κ2) is 5.62. The molecule has 106 valence electrons. The summed E-state index contributed by atoms with van der Waals surface area (Å²) < 4.78 is 12.1. The van der Waals surface area contributed by atoms with Crippen LogP contribution in [0.3, 0.4) is 0 Å². The van der Waals surface area contributed by atoms with Crippen LogP contribution in [0, 0.1) is 0 Å². The summed E-state index contributed by atoms with van der Waals surface area (Å²) in [6, 6.07) is 7.07. The van der Waals surface area contributed by atoms with E-state index in [9.17, 15) is 4.79 Å². The molecule has 3 heterocycles. The van der Waals surface area contributed by atoms with Gasteiger partial charge in [0.1, 0.15) is 17.9 Å². The molecule has 0 fully saturated rings. The van der Waals surface area contributed by atoms with Gasteiger partial charge in [-0.3, -0.25) is 4.98 Å². The van der Waals surface area contributed by atoms with Gasteiger partial charge in [0.2, 0.25) is 0 Å². The topological polar surface area (TPSA) is 65.7 Å². The zero-order valence-corrected chi connectivity index (χ0v) is 11.4. The maximum atomic E-state index is 11.7. The molecule has 0 aliphatic rings. The minimum Gasteiger partial charge on any atom is -0.486 e. The van der Waals surface area contributed by atoms with Gasteiger partial charge in [-0.2, -0.15) is 0 Å². The van der Waals surface area contributed by atoms with Crippen molar-refractivity contribution in [2.45, 2.75) is 6.61 Å². The normalized spacial score (nSPS) is 10.5. The van der Waals surface area contributed by atoms with Crippen molar-refractivity contribution in [3.8, 4) is 5.75 Å². The Balaban J connectivity index is 1.86. The van der Waals surface area contributed by atoms with E-state index in [-0.39, 0.29) is 0 Å². The second-order valence-corrected chi connectivity index (χ2v) is 4.35. The molecule has 0 aromatic carbocycles. The molecule has 0 atom stereocenters. The van der Waals surface area contributed by atoms with Gasteiger partial charge in [0, 0.05) is 18.6 Å². The van der Waals surface area contributed by atoms with E-state index in [4.69, 9.17) is 9.47 Å². The monoisotopic (exact) mass is 283 g/mol. The summed E-state index contributed by atoms with van der Waals surface area (Å²) in [6.07, 6.45) is 6.95. The number of nitrogens with zero attached hydrogens (tertiary/aromatic N) is 3. The fourth-order valence-corrected chi connectivity index (χ4v) is 1.99. The molecule has 0 unspecified atom stereocenters. The summed E-state index contributed by atoms with van der Waals surface area (Å²) >= 11 is 0. The first-order valence-corrected chi connectivity index (χ1v) is 6.35. The van der Waals surface area contributed by atoms with Crippen LogP contribution >= 0.6 is 0 Å². The van der Waals surface area contributed by atoms with Crippen LogP contribution in [0.15, 0.2) is 49.1 Å². The number of hydrogen-bond acceptors (Lipinski definition) is 5. The highest BCUT2D eigenvalue weighted by molar-refractivity contribution is 5.95. The molecule has 6 heteroatoms. The molecule has 21 heavy (non-hydrogen) atoms. The first-order valence-electron chi connectivity index (χ1n) is 6.35. The lowest BCUT2D eigenvalue weighted by Gasteiger charge is -2.01. The molecule has 0 aliphatic heterocycles. The lowest BCUT2D eigenvalue weighted by atomic mass is 10.3. The summed E-state index contributed by atoms with van der Waals surface area (Å²) in [5.74, 6) is 0.258. The maximum absolute atomic E-state index is 11.7. The van der Waals surface area contributed by atoms with E-state index in [0.29, 0.717) is 23.6 Å². The van der Waals surface area contributed by atoms with Crippen LogP contribution in [0.5, 0.6) is 5.75 Å². The summed E-state index contributed by atoms with van der Waals surface area (Å²) in [5, 5.41) is 0. The number of pyridine rings is 2. The van der Waals surface area contributed by atoms with Crippen molar-refractivity contribution >= 4 is 11.6 Å². The average molecular weight is 283 g/mol. The highest BCUT2D eigenvalue weighted by atomic mass is 16.5. The zero-order chi connectivity index (χ0) is 14.7. The summed E-state index contributed by atoms with van der Waals surface area (Å²) in [5.41, 5.74) is 1.69. The molecule has 6 nitrogen and oxygen atoms in total. The number of imidazole rings is 1. The Labute approximate surface area is 121 Å². The van der Waals surface area contributed by atoms with Crippen LogP contribution in [0.25, 0.3) is 5.65 Å². The standard InChI is InChI=1S/C15H13N3O3/c1-20-15(19)13-5-3-7-18-9-11(17-14(13)18)10-21-12-4-2-6-16-8-12/h2-9H,10H2,1H3. The Morgan fingerprint density at radius 1 is 1.33 bits per heavy atom. The zero-order valence-electron chi connectivity index (χ0n) is 11.4. The number of methoxy groups -OCH3 is 1. The summed E-state index contributed by atoms with van der Waals surface area (Å²) in [6.45, 7) is 0.300. The minimum absolute atomic E-state index is 0.300. The molecule has 3 aromatic heterocycles. The third-order valence-electron chi connectivity index (χ3n) is 2.96. The number of aromatic nitrogens is 3. The number of carbonyl (C=O) groups excluding carboxylic acids is 1. The Morgan fingerprint density at radius 3 is 3.00 bits per heavy atom. The molecule has 3 rings (SSSR count). The molecular weight excluding hydrogens is 270 g/mol. The van der Waals surface area contributed by atoms with Crippen molar-refractivity contribution in [1.82, 2.24) is 14.4 Å². The van der Waals surface area contributed by atoms with Crippen LogP contribution in [0.2, 0.25) is 0 Å². The van der Waals surface area contributed by atoms with E-state index in [1.54, 1.807) is 35.0 Å². The van der Waals surface area contributed by atoms with Gasteiger partial charge >= 0.3 is 5.97 Å². The predicted octanol–water partition coefficient (Wildman–Crippen LogP) is 2.09. The third-order valence-corrected chi connectivity index (χ3v) is 2.96. The molecule has 0 radical (unpaired) electrons. The van der Waals surface area contributed by atoms with Gasteiger partial charge in [-0.25, -0.2) is 9.78 Å². The number of fused-ring (bicyclic) bond motifs is 1. The van der Waals surface area contributed by atoms with Crippen molar-refractivity contribution in [1.29, 1.82) is 0 Å². The largest absolute Gasteiger partial charge is 0.486 e. The number of esters is 1. The fourth-order valence-electron chi connectivity index (χ4n) is 1.99. The van der Waals surface area contributed by atoms with E-state index in [2.05, 4.69) is 9.97 Å². The van der Waals surface area contributed by atoms with Gasteiger partial charge in [-0.15, -0.1) is 0 Å². The highest BCUT2D eigenvalue weighted by Crippen LogP contribution is 2.14. The van der Waals surface area contributed by atoms with Gasteiger partial charge in [-0.05, 0) is 24.3 Å². The van der Waals surface area contributed by atoms with Crippen molar-refractivity contribution in [3.63, 3.8) is 0 Å². The van der Waals surface area contributed by atoms with Crippen LogP contribution in [0.4, 0.5) is 0 Å². The molecule has 0 saturated heterocycles. The number of hydrogen-bond donors (Lipinski definition) is 0. The summed E-state index contributed by atoms with van der Waals surface area (Å²) in [7, 11) is 1.35. The molecule has 0 aliphatic carbocycles. The number of rotatable bonds is 4. The van der Waals surface area contributed by atoms with Crippen molar-refractivity contribution in [2.75, 3.05) is 7.11 Å². The summed E-state index contributed by atoms with van der Waals surface area (Å²) in [4.78, 5) is 20.1. The van der Waals surface area contributed by atoms with Crippen LogP contribution in [-0.4, -0.2) is 27.4 Å². The predicted molar refractivity (Wildman–Crippen MR) is 75.1 cm³/mol. The van der Waals surface area contributed by atoms with Crippen LogP contribution < -0.4 is 4.74 Å². The van der Waals surface area contributed by atoms with E-state index in [1.165, 1.54) is 7.11 Å². The van der Waals surface area contributed by atoms with Gasteiger partial charge in [-0.1, -0.05) is 0 Å². The maximum Gasteiger partial charge on any atom is 0.341 e. The Bertz CT molecular complexity index is 768. The van der Waals surface area contributed by atoms with E-state index < -0.39 is 5.97 Å². The smallest absolute Gasteiger partial charge is 0.341 e. The van der Waals surface area contributed by atoms with E-state index in [0.717, 1.165) is 5.69 Å². The minimum atomic E-state index is -0.411. The quantitative estimate of drug-likeness (QED) is 0.686. The van der Waals surface area contributed by atoms with Gasteiger partial charge in [0.05, 0.1) is 19.0 Å². The average Bonchev–Trinajstić information content (AvgIpc) is 2.96. The van der Waals surface area contributed by atoms with Crippen molar-refractivity contribution in [2.24, 2.45) is 0 Å². The number of carbonyl (C=O) groups is 1. The SMILES string of the molecule is COC(=O)c1cccn2cc(COc3cccnc3)nc12. The van der Waals surface area contributed by atoms with E-state index >= 15 is 0 Å². The van der Waals surface area contributed by atoms with E-state index in [1.807, 2.05) is 18.5 Å². The lowest BCUT2D eigenvalue weighted by molar-refractivity contribution is 0.0602. The van der Waals surface area contributed by atoms with Gasteiger partial charge < -0.3 is 13.9 Å². The third kappa shape index (κ3) is 2.69. The molecule has 0 N–H and O–H groups in total. The number of ether oxygens (including phenoxy) is 2. The van der Waals surface area contributed by atoms with Gasteiger partial charge in [0.15, 0.2) is 5.65 Å². The van der Waals surface area contributed by atoms with Gasteiger partial charge in [0.25, 0.3) is 0 Å². The van der Waals surface area contributed by atoms with Crippen molar-refractivity contribution < 1.29 is 14.3 Å². The van der Waals surface area contributed by atoms with Crippen LogP contribution in [0.1, 0.15) is 16.1 Å². The Kier molecular flexibility index (Phi) is 3.51. The molecule has 0 saturated carbocycles. The first-order chi connectivity index (χ1) is 10.3. The molecular formula is C15H13N3O3. The molecule has 0 bridgehead atoms. The Hall–Kier alpha value is -2.89. The highest BCUT2D eigenvalue weighted by Gasteiger charge is 2.13. The molecule has 3 aromatic rings. The first kappa shape index (κ1) is 13.1. The second-order valence-electron chi connectivity index (χ2n) is 4.35. The fraction of sp³-hybridized carbons (Fsp3) is 0.133. The molecule has 0 spiro atoms. The lowest BCUT2D eigenvalue weighted by Crippen LogP contribution is -2.03. The molecule has 0 amide bonds.